The summed E-state index contributed by atoms with van der Waals surface area (Å²) in [5, 5.41) is 0. The number of carbonyl (C=O) groups excluding carboxylic acids is 1. The van der Waals surface area contributed by atoms with Crippen molar-refractivity contribution in [3.8, 4) is 0 Å². The number of esters is 1. The number of nitrogens with zero attached hydrogens (tertiary/aromatic N) is 1. The molecule has 0 aromatic carbocycles. The molecule has 8 heteroatoms. The second-order valence-electron chi connectivity index (χ2n) is 3.57. The Bertz CT molecular complexity index is 343. The Labute approximate surface area is 95.1 Å². The Morgan fingerprint density at radius 2 is 2.31 bits per heavy atom. The van der Waals surface area contributed by atoms with Crippen LogP contribution in [0, 0.1) is 5.92 Å². The van der Waals surface area contributed by atoms with Gasteiger partial charge in [0.1, 0.15) is 0 Å². The molecule has 0 saturated carbocycles. The van der Waals surface area contributed by atoms with E-state index in [0.717, 1.165) is 4.31 Å². The monoisotopic (exact) mass is 251 g/mol. The van der Waals surface area contributed by atoms with Gasteiger partial charge in [0, 0.05) is 13.1 Å². The topological polar surface area (TPSA) is 102 Å². The minimum atomic E-state index is -3.65. The molecule has 1 saturated heterocycles. The highest BCUT2D eigenvalue weighted by atomic mass is 32.2. The third kappa shape index (κ3) is 3.14. The first kappa shape index (κ1) is 13.4. The third-order valence-electron chi connectivity index (χ3n) is 2.49. The average Bonchev–Trinajstić information content (AvgIpc) is 2.29. The van der Waals surface area contributed by atoms with E-state index in [9.17, 15) is 13.2 Å². The maximum Gasteiger partial charge on any atom is 0.310 e. The molecule has 1 rings (SSSR count). The van der Waals surface area contributed by atoms with E-state index in [1.165, 1.54) is 0 Å². The minimum Gasteiger partial charge on any atom is -0.466 e. The van der Waals surface area contributed by atoms with Crippen molar-refractivity contribution in [2.24, 2.45) is 11.8 Å². The predicted molar refractivity (Wildman–Crippen MR) is 57.2 cm³/mol. The van der Waals surface area contributed by atoms with Crippen molar-refractivity contribution < 1.29 is 17.9 Å². The van der Waals surface area contributed by atoms with Gasteiger partial charge in [0.25, 0.3) is 10.2 Å². The molecular formula is C8H17N3O4S. The maximum atomic E-state index is 11.5. The Morgan fingerprint density at radius 3 is 2.88 bits per heavy atom. The lowest BCUT2D eigenvalue weighted by Gasteiger charge is -2.29. The SMILES string of the molecule is CCOC(=O)C1CCCN(S(=O)(=O)NN)C1. The minimum absolute atomic E-state index is 0.130. The van der Waals surface area contributed by atoms with Crippen LogP contribution >= 0.6 is 0 Å². The van der Waals surface area contributed by atoms with Gasteiger partial charge in [-0.05, 0) is 19.8 Å². The Morgan fingerprint density at radius 1 is 1.62 bits per heavy atom. The number of hydrazine groups is 1. The number of nitrogens with two attached hydrogens (primary N) is 1. The molecule has 0 aliphatic carbocycles. The zero-order chi connectivity index (χ0) is 12.2. The fourth-order valence-corrected chi connectivity index (χ4v) is 2.58. The summed E-state index contributed by atoms with van der Waals surface area (Å²) >= 11 is 0. The van der Waals surface area contributed by atoms with E-state index in [1.807, 2.05) is 0 Å². The van der Waals surface area contributed by atoms with Gasteiger partial charge in [0.05, 0.1) is 12.5 Å². The highest BCUT2D eigenvalue weighted by Gasteiger charge is 2.32. The molecule has 3 N–H and O–H groups in total. The Kier molecular flexibility index (Phi) is 4.66. The molecule has 1 aliphatic heterocycles. The molecule has 7 nitrogen and oxygen atoms in total. The first-order chi connectivity index (χ1) is 7.51. The summed E-state index contributed by atoms with van der Waals surface area (Å²) in [4.78, 5) is 13.2. The molecule has 1 aliphatic rings. The molecule has 16 heavy (non-hydrogen) atoms. The van der Waals surface area contributed by atoms with Crippen LogP contribution in [0.15, 0.2) is 0 Å². The lowest BCUT2D eigenvalue weighted by molar-refractivity contribution is -0.149. The van der Waals surface area contributed by atoms with Crippen molar-refractivity contribution in [2.75, 3.05) is 19.7 Å². The lowest BCUT2D eigenvalue weighted by atomic mass is 10.0. The standard InChI is InChI=1S/C8H17N3O4S/c1-2-15-8(12)7-4-3-5-11(6-7)16(13,14)10-9/h7,10H,2-6,9H2,1H3. The van der Waals surface area contributed by atoms with Crippen molar-refractivity contribution in [1.82, 2.24) is 9.14 Å². The summed E-state index contributed by atoms with van der Waals surface area (Å²) in [6, 6.07) is 0. The van der Waals surface area contributed by atoms with Crippen molar-refractivity contribution in [3.05, 3.63) is 0 Å². The van der Waals surface area contributed by atoms with E-state index in [-0.39, 0.29) is 12.5 Å². The molecule has 94 valence electrons. The van der Waals surface area contributed by atoms with Crippen molar-refractivity contribution >= 4 is 16.2 Å². The van der Waals surface area contributed by atoms with E-state index in [2.05, 4.69) is 0 Å². The summed E-state index contributed by atoms with van der Waals surface area (Å²) < 4.78 is 28.9. The van der Waals surface area contributed by atoms with Crippen LogP contribution in [0.3, 0.4) is 0 Å². The van der Waals surface area contributed by atoms with Gasteiger partial charge in [-0.2, -0.15) is 12.7 Å². The average molecular weight is 251 g/mol. The van der Waals surface area contributed by atoms with Crippen LogP contribution in [0.5, 0.6) is 0 Å². The van der Waals surface area contributed by atoms with Gasteiger partial charge in [0.2, 0.25) is 0 Å². The van der Waals surface area contributed by atoms with Gasteiger partial charge in [0.15, 0.2) is 0 Å². The van der Waals surface area contributed by atoms with E-state index in [4.69, 9.17) is 10.6 Å². The van der Waals surface area contributed by atoms with Gasteiger partial charge in [-0.25, -0.2) is 0 Å². The van der Waals surface area contributed by atoms with E-state index in [0.29, 0.717) is 26.0 Å². The van der Waals surface area contributed by atoms with Crippen LogP contribution < -0.4 is 10.7 Å². The van der Waals surface area contributed by atoms with Gasteiger partial charge < -0.3 is 4.74 Å². The fraction of sp³-hybridized carbons (Fsp3) is 0.875. The third-order valence-corrected chi connectivity index (χ3v) is 3.80. The molecule has 1 unspecified atom stereocenters. The predicted octanol–water partition coefficient (Wildman–Crippen LogP) is -1.03. The smallest absolute Gasteiger partial charge is 0.310 e. The summed E-state index contributed by atoms with van der Waals surface area (Å²) in [6.07, 6.45) is 1.28. The molecule has 0 aromatic heterocycles. The van der Waals surface area contributed by atoms with Crippen LogP contribution in [0.25, 0.3) is 0 Å². The molecule has 1 heterocycles. The molecule has 0 bridgehead atoms. The number of rotatable bonds is 4. The van der Waals surface area contributed by atoms with Gasteiger partial charge in [-0.3, -0.25) is 10.6 Å². The molecular weight excluding hydrogens is 234 g/mol. The van der Waals surface area contributed by atoms with Gasteiger partial charge in [-0.1, -0.05) is 0 Å². The summed E-state index contributed by atoms with van der Waals surface area (Å²) in [7, 11) is -3.65. The van der Waals surface area contributed by atoms with Crippen LogP contribution in [0.1, 0.15) is 19.8 Å². The number of carbonyl (C=O) groups is 1. The van der Waals surface area contributed by atoms with E-state index in [1.54, 1.807) is 11.8 Å². The van der Waals surface area contributed by atoms with Crippen molar-refractivity contribution in [2.45, 2.75) is 19.8 Å². The number of hydrogen-bond acceptors (Lipinski definition) is 5. The first-order valence-electron chi connectivity index (χ1n) is 5.15. The number of piperidine rings is 1. The van der Waals surface area contributed by atoms with E-state index < -0.39 is 16.1 Å². The quantitative estimate of drug-likeness (QED) is 0.378. The zero-order valence-corrected chi connectivity index (χ0v) is 10.00. The normalized spacial score (nSPS) is 23.0. The highest BCUT2D eigenvalue weighted by molar-refractivity contribution is 7.87. The zero-order valence-electron chi connectivity index (χ0n) is 9.18. The molecule has 1 atom stereocenters. The molecule has 0 radical (unpaired) electrons. The first-order valence-corrected chi connectivity index (χ1v) is 6.59. The number of ether oxygens (including phenoxy) is 1. The second-order valence-corrected chi connectivity index (χ2v) is 5.27. The summed E-state index contributed by atoms with van der Waals surface area (Å²) in [6.45, 7) is 2.53. The summed E-state index contributed by atoms with van der Waals surface area (Å²) in [5.41, 5.74) is 0. The summed E-state index contributed by atoms with van der Waals surface area (Å²) in [5.74, 6) is 4.18. The Balaban J connectivity index is 2.64. The number of nitrogens with one attached hydrogen (secondary N) is 1. The van der Waals surface area contributed by atoms with Gasteiger partial charge >= 0.3 is 5.97 Å². The number of hydrogen-bond donors (Lipinski definition) is 2. The van der Waals surface area contributed by atoms with Crippen molar-refractivity contribution in [3.63, 3.8) is 0 Å². The van der Waals surface area contributed by atoms with Crippen LogP contribution in [0.2, 0.25) is 0 Å². The van der Waals surface area contributed by atoms with Crippen LogP contribution in [-0.4, -0.2) is 38.4 Å². The Hall–Kier alpha value is -0.700. The second kappa shape index (κ2) is 5.58. The van der Waals surface area contributed by atoms with Gasteiger partial charge in [-0.15, -0.1) is 4.83 Å². The molecule has 0 aromatic rings. The highest BCUT2D eigenvalue weighted by Crippen LogP contribution is 2.19. The molecule has 0 spiro atoms. The van der Waals surface area contributed by atoms with Crippen molar-refractivity contribution in [1.29, 1.82) is 0 Å². The molecule has 1 fully saturated rings. The van der Waals surface area contributed by atoms with E-state index >= 15 is 0 Å². The maximum absolute atomic E-state index is 11.5. The van der Waals surface area contributed by atoms with Crippen LogP contribution in [0.4, 0.5) is 0 Å². The van der Waals surface area contributed by atoms with Crippen LogP contribution in [-0.2, 0) is 19.7 Å². The largest absolute Gasteiger partial charge is 0.466 e. The molecule has 0 amide bonds. The lowest BCUT2D eigenvalue weighted by Crippen LogP contribution is -2.49. The fourth-order valence-electron chi connectivity index (χ4n) is 1.69.